The van der Waals surface area contributed by atoms with Gasteiger partial charge in [-0.2, -0.15) is 0 Å². The zero-order valence-corrected chi connectivity index (χ0v) is 20.0. The van der Waals surface area contributed by atoms with Crippen LogP contribution in [0.4, 0.5) is 4.79 Å². The quantitative estimate of drug-likeness (QED) is 0.522. The number of likely N-dealkylation sites (tertiary alicyclic amines) is 1. The first-order valence-electron chi connectivity index (χ1n) is 11.5. The number of aliphatic carboxylic acids is 1. The summed E-state index contributed by atoms with van der Waals surface area (Å²) >= 11 is 1.40. The van der Waals surface area contributed by atoms with Crippen LogP contribution >= 0.6 is 11.3 Å². The van der Waals surface area contributed by atoms with E-state index in [0.29, 0.717) is 18.7 Å². The van der Waals surface area contributed by atoms with E-state index in [0.717, 1.165) is 21.0 Å². The van der Waals surface area contributed by atoms with E-state index < -0.39 is 18.0 Å². The highest BCUT2D eigenvalue weighted by Crippen LogP contribution is 2.44. The molecule has 1 aliphatic heterocycles. The van der Waals surface area contributed by atoms with E-state index in [1.807, 2.05) is 31.2 Å². The van der Waals surface area contributed by atoms with Gasteiger partial charge in [-0.05, 0) is 29.2 Å². The fourth-order valence-corrected chi connectivity index (χ4v) is 5.55. The molecule has 2 amide bonds. The van der Waals surface area contributed by atoms with Crippen LogP contribution in [0, 0.1) is 12.8 Å². The van der Waals surface area contributed by atoms with Crippen molar-refractivity contribution in [3.05, 3.63) is 75.2 Å². The highest BCUT2D eigenvalue weighted by Gasteiger charge is 2.37. The van der Waals surface area contributed by atoms with Gasteiger partial charge < -0.3 is 20.1 Å². The number of thiazole rings is 1. The molecule has 2 N–H and O–H groups in total. The lowest BCUT2D eigenvalue weighted by Gasteiger charge is -2.36. The second-order valence-electron chi connectivity index (χ2n) is 8.76. The van der Waals surface area contributed by atoms with E-state index in [1.54, 1.807) is 0 Å². The van der Waals surface area contributed by atoms with Gasteiger partial charge in [-0.25, -0.2) is 9.78 Å². The normalized spacial score (nSPS) is 14.7. The van der Waals surface area contributed by atoms with Crippen LogP contribution in [-0.4, -0.2) is 59.2 Å². The van der Waals surface area contributed by atoms with Crippen LogP contribution < -0.4 is 5.32 Å². The molecule has 0 bridgehead atoms. The number of carbonyl (C=O) groups is 3. The summed E-state index contributed by atoms with van der Waals surface area (Å²) in [6.45, 7) is 2.83. The number of amides is 2. The molecule has 1 aliphatic carbocycles. The number of nitrogens with zero attached hydrogens (tertiary/aromatic N) is 2. The third-order valence-corrected chi connectivity index (χ3v) is 7.54. The molecule has 9 heteroatoms. The zero-order valence-electron chi connectivity index (χ0n) is 19.2. The molecule has 180 valence electrons. The molecule has 5 rings (SSSR count). The summed E-state index contributed by atoms with van der Waals surface area (Å²) in [6, 6.07) is 16.4. The van der Waals surface area contributed by atoms with Gasteiger partial charge in [0.1, 0.15) is 12.3 Å². The third-order valence-electron chi connectivity index (χ3n) is 6.51. The maximum atomic E-state index is 12.6. The molecular weight excluding hydrogens is 466 g/mol. The van der Waals surface area contributed by atoms with Crippen LogP contribution in [0.1, 0.15) is 37.4 Å². The van der Waals surface area contributed by atoms with Crippen molar-refractivity contribution in [2.45, 2.75) is 19.3 Å². The minimum absolute atomic E-state index is 0.00515. The van der Waals surface area contributed by atoms with Gasteiger partial charge >= 0.3 is 12.1 Å². The zero-order chi connectivity index (χ0) is 24.5. The first-order valence-corrected chi connectivity index (χ1v) is 12.3. The third kappa shape index (κ3) is 4.51. The van der Waals surface area contributed by atoms with Crippen molar-refractivity contribution in [3.8, 4) is 11.1 Å². The molecule has 0 atom stereocenters. The Bertz CT molecular complexity index is 1250. The number of hydrogen-bond donors (Lipinski definition) is 2. The van der Waals surface area contributed by atoms with Crippen LogP contribution in [0.15, 0.2) is 48.5 Å². The molecule has 2 aromatic carbocycles. The number of aryl methyl sites for hydroxylation is 1. The minimum atomic E-state index is -0.885. The van der Waals surface area contributed by atoms with Crippen molar-refractivity contribution in [2.24, 2.45) is 5.92 Å². The van der Waals surface area contributed by atoms with E-state index in [2.05, 4.69) is 34.6 Å². The Kier molecular flexibility index (Phi) is 6.25. The maximum Gasteiger partial charge on any atom is 0.407 e. The SMILES string of the molecule is Cc1sc(CCNC(=O)OCC2c3ccccc3-c3ccccc32)nc1C(=O)N1CC(C(=O)O)C1. The van der Waals surface area contributed by atoms with Gasteiger partial charge in [0.2, 0.25) is 0 Å². The largest absolute Gasteiger partial charge is 0.481 e. The summed E-state index contributed by atoms with van der Waals surface area (Å²) in [7, 11) is 0. The van der Waals surface area contributed by atoms with Crippen molar-refractivity contribution in [2.75, 3.05) is 26.2 Å². The van der Waals surface area contributed by atoms with Gasteiger partial charge in [0.15, 0.2) is 0 Å². The number of alkyl carbamates (subject to hydrolysis) is 1. The summed E-state index contributed by atoms with van der Waals surface area (Å²) in [6.07, 6.45) is -0.0162. The molecule has 0 radical (unpaired) electrons. The van der Waals surface area contributed by atoms with Crippen LogP contribution in [0.2, 0.25) is 0 Å². The van der Waals surface area contributed by atoms with E-state index in [-0.39, 0.29) is 31.5 Å². The molecule has 3 aromatic rings. The highest BCUT2D eigenvalue weighted by atomic mass is 32.1. The fourth-order valence-electron chi connectivity index (χ4n) is 4.63. The second kappa shape index (κ2) is 9.50. The Balaban J connectivity index is 1.12. The molecule has 2 heterocycles. The van der Waals surface area contributed by atoms with E-state index in [4.69, 9.17) is 9.84 Å². The lowest BCUT2D eigenvalue weighted by molar-refractivity contribution is -0.146. The number of carboxylic acids is 1. The van der Waals surface area contributed by atoms with Gasteiger partial charge in [-0.3, -0.25) is 9.59 Å². The Morgan fingerprint density at radius 2 is 1.71 bits per heavy atom. The number of benzene rings is 2. The summed E-state index contributed by atoms with van der Waals surface area (Å²) in [5, 5.41) is 12.5. The molecule has 0 spiro atoms. The molecule has 1 aromatic heterocycles. The van der Waals surface area contributed by atoms with E-state index >= 15 is 0 Å². The number of ether oxygens (including phenoxy) is 1. The number of rotatable bonds is 7. The molecule has 35 heavy (non-hydrogen) atoms. The predicted octanol–water partition coefficient (Wildman–Crippen LogP) is 3.69. The standard InChI is InChI=1S/C26H25N3O5S/c1-15-23(24(30)29-12-16(13-29)25(31)32)28-22(35-15)10-11-27-26(33)34-14-21-19-8-4-2-6-17(19)18-7-3-5-9-20(18)21/h2-9,16,21H,10-14H2,1H3,(H,27,33)(H,31,32). The van der Waals surface area contributed by atoms with E-state index in [1.165, 1.54) is 27.4 Å². The van der Waals surface area contributed by atoms with Crippen LogP contribution in [0.3, 0.4) is 0 Å². The number of fused-ring (bicyclic) bond motifs is 3. The van der Waals surface area contributed by atoms with Crippen LogP contribution in [-0.2, 0) is 16.0 Å². The average molecular weight is 492 g/mol. The lowest BCUT2D eigenvalue weighted by atomic mass is 9.98. The first-order chi connectivity index (χ1) is 16.9. The van der Waals surface area contributed by atoms with E-state index in [9.17, 15) is 14.4 Å². The van der Waals surface area contributed by atoms with Gasteiger partial charge in [0.05, 0.1) is 10.9 Å². The predicted molar refractivity (Wildman–Crippen MR) is 131 cm³/mol. The number of hydrogen-bond acceptors (Lipinski definition) is 6. The molecule has 1 fully saturated rings. The maximum absolute atomic E-state index is 12.6. The second-order valence-corrected chi connectivity index (χ2v) is 10.0. The number of nitrogens with one attached hydrogen (secondary N) is 1. The van der Waals surface area contributed by atoms with Gasteiger partial charge in [-0.1, -0.05) is 48.5 Å². The number of carbonyl (C=O) groups excluding carboxylic acids is 2. The van der Waals surface area contributed by atoms with Gasteiger partial charge in [0.25, 0.3) is 5.91 Å². The molecule has 1 saturated heterocycles. The Morgan fingerprint density at radius 1 is 1.09 bits per heavy atom. The van der Waals surface area contributed by atoms with Crippen LogP contribution in [0.25, 0.3) is 11.1 Å². The molecular formula is C26H25N3O5S. The number of carboxylic acid groups (broad SMARTS) is 1. The number of aromatic nitrogens is 1. The Hall–Kier alpha value is -3.72. The summed E-state index contributed by atoms with van der Waals surface area (Å²) in [5.41, 5.74) is 5.04. The topological polar surface area (TPSA) is 109 Å². The molecule has 0 saturated carbocycles. The van der Waals surface area contributed by atoms with Gasteiger partial charge in [0, 0.05) is 36.9 Å². The Labute approximate surface area is 206 Å². The van der Waals surface area contributed by atoms with Crippen molar-refractivity contribution in [1.82, 2.24) is 15.2 Å². The van der Waals surface area contributed by atoms with Crippen LogP contribution in [0.5, 0.6) is 0 Å². The first kappa shape index (κ1) is 23.0. The monoisotopic (exact) mass is 491 g/mol. The summed E-state index contributed by atoms with van der Waals surface area (Å²) in [4.78, 5) is 42.6. The summed E-state index contributed by atoms with van der Waals surface area (Å²) < 4.78 is 5.55. The minimum Gasteiger partial charge on any atom is -0.481 e. The van der Waals surface area contributed by atoms with Gasteiger partial charge in [-0.15, -0.1) is 11.3 Å². The molecule has 8 nitrogen and oxygen atoms in total. The average Bonchev–Trinajstić information content (AvgIpc) is 3.34. The lowest BCUT2D eigenvalue weighted by Crippen LogP contribution is -2.53. The van der Waals surface area contributed by atoms with Crippen molar-refractivity contribution < 1.29 is 24.2 Å². The molecule has 0 unspecified atom stereocenters. The fraction of sp³-hybridized carbons (Fsp3) is 0.308. The van der Waals surface area contributed by atoms with Crippen molar-refractivity contribution in [1.29, 1.82) is 0 Å². The molecule has 2 aliphatic rings. The van der Waals surface area contributed by atoms with Crippen molar-refractivity contribution in [3.63, 3.8) is 0 Å². The Morgan fingerprint density at radius 3 is 2.34 bits per heavy atom. The smallest absolute Gasteiger partial charge is 0.407 e. The van der Waals surface area contributed by atoms with Crippen molar-refractivity contribution >= 4 is 29.3 Å². The summed E-state index contributed by atoms with van der Waals surface area (Å²) in [5.74, 6) is -1.62. The highest BCUT2D eigenvalue weighted by molar-refractivity contribution is 7.11.